The molecule has 8 nitrogen and oxygen atoms in total. The molecule has 208 valence electrons. The van der Waals surface area contributed by atoms with Gasteiger partial charge in [-0.15, -0.1) is 0 Å². The van der Waals surface area contributed by atoms with Gasteiger partial charge in [0, 0.05) is 55.8 Å². The van der Waals surface area contributed by atoms with Crippen LogP contribution in [0.2, 0.25) is 0 Å². The van der Waals surface area contributed by atoms with Crippen molar-refractivity contribution in [3.8, 4) is 28.3 Å². The van der Waals surface area contributed by atoms with Crippen LogP contribution in [0.4, 0.5) is 5.69 Å². The smallest absolute Gasteiger partial charge is 0.328 e. The molecule has 2 fully saturated rings. The lowest BCUT2D eigenvalue weighted by Crippen LogP contribution is -2.31. The van der Waals surface area contributed by atoms with Crippen LogP contribution in [-0.4, -0.2) is 65.2 Å². The Hall–Kier alpha value is -3.23. The lowest BCUT2D eigenvalue weighted by molar-refractivity contribution is 0.106. The topological polar surface area (TPSA) is 73.9 Å². The van der Waals surface area contributed by atoms with E-state index in [2.05, 4.69) is 27.7 Å². The predicted octanol–water partition coefficient (Wildman–Crippen LogP) is 5.55. The van der Waals surface area contributed by atoms with Gasteiger partial charge >= 0.3 is 5.69 Å². The highest BCUT2D eigenvalue weighted by Gasteiger charge is 2.31. The van der Waals surface area contributed by atoms with Crippen LogP contribution < -0.4 is 10.4 Å². The van der Waals surface area contributed by atoms with Crippen LogP contribution in [0.5, 0.6) is 5.88 Å². The Morgan fingerprint density at radius 1 is 1.10 bits per heavy atom. The Morgan fingerprint density at radius 2 is 1.90 bits per heavy atom. The maximum Gasteiger partial charge on any atom is 0.328 e. The molecular formula is C31H41N5O3. The highest BCUT2D eigenvalue weighted by Crippen LogP contribution is 2.40. The van der Waals surface area contributed by atoms with Crippen LogP contribution in [0.1, 0.15) is 56.7 Å². The number of nitrogens with zero attached hydrogens (tertiary/aromatic N) is 5. The molecule has 1 aliphatic carbocycles. The van der Waals surface area contributed by atoms with E-state index in [1.54, 1.807) is 11.7 Å². The number of imidazole rings is 1. The van der Waals surface area contributed by atoms with Crippen molar-refractivity contribution in [2.24, 2.45) is 12.0 Å². The van der Waals surface area contributed by atoms with Gasteiger partial charge < -0.3 is 14.4 Å². The number of aromatic nitrogens is 3. The van der Waals surface area contributed by atoms with Crippen molar-refractivity contribution >= 4 is 12.4 Å². The average molecular weight is 532 g/mol. The Kier molecular flexibility index (Phi) is 8.63. The van der Waals surface area contributed by atoms with Gasteiger partial charge in [0.1, 0.15) is 0 Å². The van der Waals surface area contributed by atoms with Crippen LogP contribution >= 0.6 is 0 Å². The van der Waals surface area contributed by atoms with Crippen LogP contribution in [0.25, 0.3) is 22.4 Å². The zero-order chi connectivity index (χ0) is 27.4. The summed E-state index contributed by atoms with van der Waals surface area (Å²) in [6, 6.07) is 10.2. The molecule has 1 saturated carbocycles. The van der Waals surface area contributed by atoms with Crippen LogP contribution in [0.3, 0.4) is 0 Å². The van der Waals surface area contributed by atoms with Gasteiger partial charge in [-0.1, -0.05) is 12.5 Å². The number of hydrogen-bond donors (Lipinski definition) is 0. The van der Waals surface area contributed by atoms with E-state index in [9.17, 15) is 4.79 Å². The van der Waals surface area contributed by atoms with Crippen molar-refractivity contribution in [1.82, 2.24) is 19.0 Å². The van der Waals surface area contributed by atoms with Crippen LogP contribution in [-0.2, 0) is 11.8 Å². The predicted molar refractivity (Wildman–Crippen MR) is 156 cm³/mol. The molecule has 0 amide bonds. The molecule has 8 heteroatoms. The third-order valence-corrected chi connectivity index (χ3v) is 8.44. The third kappa shape index (κ3) is 5.87. The average Bonchev–Trinajstić information content (AvgIpc) is 3.54. The molecule has 0 N–H and O–H groups in total. The first-order chi connectivity index (χ1) is 19.0. The van der Waals surface area contributed by atoms with Crippen molar-refractivity contribution in [3.05, 3.63) is 52.7 Å². The summed E-state index contributed by atoms with van der Waals surface area (Å²) in [5.41, 5.74) is 5.44. The molecule has 5 rings (SSSR count). The molecule has 0 radical (unpaired) electrons. The summed E-state index contributed by atoms with van der Waals surface area (Å²) in [5, 5.41) is 0. The summed E-state index contributed by atoms with van der Waals surface area (Å²) in [6.07, 6.45) is 9.71. The highest BCUT2D eigenvalue weighted by atomic mass is 16.5. The van der Waals surface area contributed by atoms with E-state index in [0.29, 0.717) is 12.5 Å². The van der Waals surface area contributed by atoms with Gasteiger partial charge in [0.2, 0.25) is 5.88 Å². The number of likely N-dealkylation sites (tertiary alicyclic amines) is 1. The molecule has 1 aliphatic heterocycles. The van der Waals surface area contributed by atoms with E-state index in [0.717, 1.165) is 66.0 Å². The van der Waals surface area contributed by atoms with Crippen molar-refractivity contribution in [2.45, 2.75) is 64.0 Å². The number of methoxy groups -OCH3 is 1. The molecule has 2 aromatic heterocycles. The summed E-state index contributed by atoms with van der Waals surface area (Å²) >= 11 is 0. The summed E-state index contributed by atoms with van der Waals surface area (Å²) in [5.74, 6) is 0.642. The minimum atomic E-state index is -0.00637. The molecule has 3 heterocycles. The number of pyridine rings is 1. The zero-order valence-electron chi connectivity index (χ0n) is 23.6. The van der Waals surface area contributed by atoms with Crippen molar-refractivity contribution in [3.63, 3.8) is 0 Å². The van der Waals surface area contributed by atoms with E-state index >= 15 is 0 Å². The Balaban J connectivity index is 1.36. The second-order valence-electron chi connectivity index (χ2n) is 10.8. The summed E-state index contributed by atoms with van der Waals surface area (Å²) in [7, 11) is 3.58. The number of aliphatic imine (C=N–C) groups is 1. The third-order valence-electron chi connectivity index (χ3n) is 8.44. The first-order valence-corrected chi connectivity index (χ1v) is 14.2. The normalized spacial score (nSPS) is 19.9. The van der Waals surface area contributed by atoms with Crippen molar-refractivity contribution in [1.29, 1.82) is 0 Å². The molecule has 1 saturated heterocycles. The maximum absolute atomic E-state index is 13.4. The number of piperidine rings is 1. The quantitative estimate of drug-likeness (QED) is 0.253. The van der Waals surface area contributed by atoms with E-state index in [1.807, 2.05) is 49.0 Å². The molecule has 1 aromatic carbocycles. The van der Waals surface area contributed by atoms with Gasteiger partial charge in [0.25, 0.3) is 0 Å². The molecule has 0 bridgehead atoms. The van der Waals surface area contributed by atoms with Crippen LogP contribution in [0, 0.1) is 6.92 Å². The SMILES string of the molecule is C=Nc1ccc(-c2ccc(OCCCN3CCCCC3)nc2)cc1-c1c(C)n(C)c(=O)n1[C@H]1CC[C@H](OC)C1. The lowest BCUT2D eigenvalue weighted by atomic mass is 10.00. The van der Waals surface area contributed by atoms with Gasteiger partial charge in [-0.2, -0.15) is 0 Å². The molecule has 39 heavy (non-hydrogen) atoms. The second-order valence-corrected chi connectivity index (χ2v) is 10.8. The standard InChI is InChI=1S/C31H41N5O3/c1-22-30(36(31(37)34(22)3)25-11-12-26(20-25)38-4)27-19-23(9-13-28(27)32-2)24-10-14-29(33-21-24)39-18-8-17-35-15-6-5-7-16-35/h9-10,13-14,19,21,25-26H,2,5-8,11-12,15-18,20H2,1,3-4H3/t25-,26-/m0/s1. The fourth-order valence-corrected chi connectivity index (χ4v) is 6.09. The minimum Gasteiger partial charge on any atom is -0.478 e. The van der Waals surface area contributed by atoms with Gasteiger partial charge in [0.05, 0.1) is 24.1 Å². The number of rotatable bonds is 10. The summed E-state index contributed by atoms with van der Waals surface area (Å²) in [4.78, 5) is 24.8. The Morgan fingerprint density at radius 3 is 2.59 bits per heavy atom. The minimum absolute atomic E-state index is 0.00637. The van der Waals surface area contributed by atoms with E-state index in [1.165, 1.54) is 32.4 Å². The van der Waals surface area contributed by atoms with E-state index in [-0.39, 0.29) is 17.8 Å². The molecular weight excluding hydrogens is 490 g/mol. The summed E-state index contributed by atoms with van der Waals surface area (Å²) in [6.45, 7) is 9.98. The largest absolute Gasteiger partial charge is 0.478 e. The zero-order valence-corrected chi connectivity index (χ0v) is 23.6. The molecule has 0 unspecified atom stereocenters. The monoisotopic (exact) mass is 531 g/mol. The van der Waals surface area contributed by atoms with E-state index < -0.39 is 0 Å². The van der Waals surface area contributed by atoms with Gasteiger partial charge in [-0.25, -0.2) is 9.78 Å². The molecule has 2 aliphatic rings. The van der Waals surface area contributed by atoms with Gasteiger partial charge in [-0.05, 0) is 89.0 Å². The first-order valence-electron chi connectivity index (χ1n) is 14.2. The number of hydrogen-bond acceptors (Lipinski definition) is 6. The van der Waals surface area contributed by atoms with Crippen LogP contribution in [0.15, 0.2) is 46.3 Å². The first kappa shape index (κ1) is 27.3. The van der Waals surface area contributed by atoms with Gasteiger partial charge in [-0.3, -0.25) is 14.1 Å². The number of benzene rings is 1. The molecule has 0 spiro atoms. The lowest BCUT2D eigenvalue weighted by Gasteiger charge is -2.26. The Labute approximate surface area is 231 Å². The van der Waals surface area contributed by atoms with Crippen molar-refractivity contribution < 1.29 is 9.47 Å². The number of ether oxygens (including phenoxy) is 2. The van der Waals surface area contributed by atoms with Crippen molar-refractivity contribution in [2.75, 3.05) is 33.4 Å². The Bertz CT molecular complexity index is 1340. The fourth-order valence-electron chi connectivity index (χ4n) is 6.09. The summed E-state index contributed by atoms with van der Waals surface area (Å²) < 4.78 is 15.2. The fraction of sp³-hybridized carbons (Fsp3) is 0.516. The molecule has 2 atom stereocenters. The molecule has 3 aromatic rings. The second kappa shape index (κ2) is 12.3. The van der Waals surface area contributed by atoms with E-state index in [4.69, 9.17) is 9.47 Å². The maximum atomic E-state index is 13.4. The highest BCUT2D eigenvalue weighted by molar-refractivity contribution is 5.82. The van der Waals surface area contributed by atoms with Gasteiger partial charge in [0.15, 0.2) is 0 Å².